The highest BCUT2D eigenvalue weighted by atomic mass is 19.1. The summed E-state index contributed by atoms with van der Waals surface area (Å²) in [4.78, 5) is 24.2. The van der Waals surface area contributed by atoms with Gasteiger partial charge in [0.1, 0.15) is 19.2 Å². The Bertz CT molecular complexity index is 749. The molecule has 7 nitrogen and oxygen atoms in total. The lowest BCUT2D eigenvalue weighted by atomic mass is 10.1. The summed E-state index contributed by atoms with van der Waals surface area (Å²) in [6.07, 6.45) is 1.19. The second-order valence-corrected chi connectivity index (χ2v) is 4.38. The van der Waals surface area contributed by atoms with E-state index in [-0.39, 0.29) is 23.0 Å². The molecule has 23 heavy (non-hydrogen) atoms. The molecule has 2 aromatic rings. The van der Waals surface area contributed by atoms with E-state index in [0.29, 0.717) is 5.56 Å². The van der Waals surface area contributed by atoms with Gasteiger partial charge in [-0.1, -0.05) is 17.3 Å². The van der Waals surface area contributed by atoms with E-state index in [4.69, 9.17) is 9.57 Å². The summed E-state index contributed by atoms with van der Waals surface area (Å²) >= 11 is 0. The largest absolute Gasteiger partial charge is 0.436 e. The Balaban J connectivity index is 2.47. The number of para-hydroxylation sites is 1. The number of oxime groups is 1. The molecule has 0 fully saturated rings. The van der Waals surface area contributed by atoms with Gasteiger partial charge in [0.15, 0.2) is 5.71 Å². The number of halogens is 1. The number of aromatic nitrogens is 2. The van der Waals surface area contributed by atoms with Crippen LogP contribution in [0.5, 0.6) is 11.6 Å². The first-order valence-corrected chi connectivity index (χ1v) is 6.66. The van der Waals surface area contributed by atoms with Crippen molar-refractivity contribution < 1.29 is 18.8 Å². The summed E-state index contributed by atoms with van der Waals surface area (Å²) in [5.74, 6) is -1.17. The van der Waals surface area contributed by atoms with E-state index in [1.165, 1.54) is 27.4 Å². The monoisotopic (exact) mass is 318 g/mol. The van der Waals surface area contributed by atoms with Crippen molar-refractivity contribution in [1.29, 1.82) is 0 Å². The molecule has 0 bridgehead atoms. The molecule has 0 unspecified atom stereocenters. The van der Waals surface area contributed by atoms with E-state index in [1.54, 1.807) is 24.3 Å². The number of hydrogen-bond acceptors (Lipinski definition) is 6. The van der Waals surface area contributed by atoms with Crippen LogP contribution in [0.25, 0.3) is 0 Å². The molecular formula is C15H15FN4O3. The number of benzene rings is 1. The van der Waals surface area contributed by atoms with Crippen LogP contribution in [0.1, 0.15) is 11.3 Å². The predicted octanol–water partition coefficient (Wildman–Crippen LogP) is 1.81. The van der Waals surface area contributed by atoms with Gasteiger partial charge in [-0.2, -0.15) is 9.37 Å². The molecule has 0 saturated carbocycles. The minimum Gasteiger partial charge on any atom is -0.436 e. The molecule has 1 heterocycles. The van der Waals surface area contributed by atoms with E-state index in [9.17, 15) is 9.18 Å². The maximum atomic E-state index is 14.0. The van der Waals surface area contributed by atoms with Crippen molar-refractivity contribution in [3.8, 4) is 11.6 Å². The van der Waals surface area contributed by atoms with Crippen LogP contribution in [0.2, 0.25) is 0 Å². The van der Waals surface area contributed by atoms with Crippen molar-refractivity contribution in [3.63, 3.8) is 0 Å². The Hall–Kier alpha value is -3.03. The summed E-state index contributed by atoms with van der Waals surface area (Å²) in [6, 6.07) is 6.55. The summed E-state index contributed by atoms with van der Waals surface area (Å²) in [5.41, 5.74) is 0.491. The number of carbonyl (C=O) groups is 1. The Morgan fingerprint density at radius 3 is 2.74 bits per heavy atom. The van der Waals surface area contributed by atoms with Gasteiger partial charge in [0.2, 0.25) is 5.82 Å². The van der Waals surface area contributed by atoms with Crippen LogP contribution in [0.3, 0.4) is 0 Å². The molecule has 8 heteroatoms. The summed E-state index contributed by atoms with van der Waals surface area (Å²) in [6.45, 7) is 1.50. The normalized spacial score (nSPS) is 11.0. The topological polar surface area (TPSA) is 85.7 Å². The smallest absolute Gasteiger partial charge is 0.273 e. The number of ether oxygens (including phenoxy) is 1. The van der Waals surface area contributed by atoms with Crippen LogP contribution < -0.4 is 10.1 Å². The lowest BCUT2D eigenvalue weighted by Crippen LogP contribution is -2.28. The Morgan fingerprint density at radius 2 is 2.04 bits per heavy atom. The fourth-order valence-corrected chi connectivity index (χ4v) is 1.79. The number of rotatable bonds is 5. The Labute approximate surface area is 132 Å². The second kappa shape index (κ2) is 7.30. The molecule has 0 saturated heterocycles. The minimum absolute atomic E-state index is 0.00298. The van der Waals surface area contributed by atoms with E-state index >= 15 is 0 Å². The fourth-order valence-electron chi connectivity index (χ4n) is 1.79. The number of nitrogens with zero attached hydrogens (tertiary/aromatic N) is 3. The van der Waals surface area contributed by atoms with E-state index in [1.807, 2.05) is 0 Å². The Morgan fingerprint density at radius 1 is 1.30 bits per heavy atom. The number of amides is 1. The highest BCUT2D eigenvalue weighted by Gasteiger charge is 2.20. The molecular weight excluding hydrogens is 303 g/mol. The van der Waals surface area contributed by atoms with Crippen molar-refractivity contribution in [3.05, 3.63) is 47.7 Å². The molecule has 2 rings (SSSR count). The van der Waals surface area contributed by atoms with Crippen LogP contribution in [0, 0.1) is 12.7 Å². The van der Waals surface area contributed by atoms with E-state index < -0.39 is 11.7 Å². The zero-order valence-electron chi connectivity index (χ0n) is 12.8. The van der Waals surface area contributed by atoms with Crippen LogP contribution >= 0.6 is 0 Å². The van der Waals surface area contributed by atoms with Gasteiger partial charge in [-0.3, -0.25) is 4.79 Å². The first-order chi connectivity index (χ1) is 11.1. The van der Waals surface area contributed by atoms with Gasteiger partial charge in [0.25, 0.3) is 11.8 Å². The summed E-state index contributed by atoms with van der Waals surface area (Å²) in [5, 5.41) is 6.16. The van der Waals surface area contributed by atoms with Gasteiger partial charge in [-0.25, -0.2) is 4.98 Å². The predicted molar refractivity (Wildman–Crippen MR) is 80.9 cm³/mol. The third-order valence-corrected chi connectivity index (χ3v) is 2.91. The van der Waals surface area contributed by atoms with Crippen LogP contribution in [-0.4, -0.2) is 35.7 Å². The van der Waals surface area contributed by atoms with E-state index in [0.717, 1.165) is 0 Å². The average Bonchev–Trinajstić information content (AvgIpc) is 2.57. The molecule has 0 atom stereocenters. The molecule has 0 aliphatic carbocycles. The minimum atomic E-state index is -0.674. The molecule has 1 amide bonds. The van der Waals surface area contributed by atoms with Gasteiger partial charge in [0, 0.05) is 7.05 Å². The van der Waals surface area contributed by atoms with Gasteiger partial charge in [0.05, 0.1) is 11.3 Å². The highest BCUT2D eigenvalue weighted by Crippen LogP contribution is 2.27. The van der Waals surface area contributed by atoms with Gasteiger partial charge >= 0.3 is 0 Å². The summed E-state index contributed by atoms with van der Waals surface area (Å²) in [7, 11) is 2.78. The lowest BCUT2D eigenvalue weighted by molar-refractivity contribution is -0.114. The number of carbonyl (C=O) groups excluding carboxylic acids is 1. The third-order valence-electron chi connectivity index (χ3n) is 2.91. The van der Waals surface area contributed by atoms with Gasteiger partial charge in [-0.15, -0.1) is 0 Å². The number of hydrogen-bond donors (Lipinski definition) is 1. The molecule has 120 valence electrons. The van der Waals surface area contributed by atoms with Gasteiger partial charge in [-0.05, 0) is 19.1 Å². The molecule has 0 aliphatic rings. The third kappa shape index (κ3) is 3.60. The molecule has 0 radical (unpaired) electrons. The second-order valence-electron chi connectivity index (χ2n) is 4.38. The highest BCUT2D eigenvalue weighted by molar-refractivity contribution is 6.45. The van der Waals surface area contributed by atoms with Crippen molar-refractivity contribution >= 4 is 11.6 Å². The molecule has 1 N–H and O–H groups in total. The van der Waals surface area contributed by atoms with Crippen LogP contribution in [-0.2, 0) is 9.63 Å². The Kier molecular flexibility index (Phi) is 5.19. The SMILES string of the molecule is CNC(=O)/C(=N/OC)c1ccccc1Oc1ncnc(C)c1F. The maximum absolute atomic E-state index is 14.0. The molecule has 1 aromatic heterocycles. The summed E-state index contributed by atoms with van der Waals surface area (Å²) < 4.78 is 19.5. The number of likely N-dealkylation sites (N-methyl/N-ethyl adjacent to an activating group) is 1. The average molecular weight is 318 g/mol. The number of nitrogens with one attached hydrogen (secondary N) is 1. The number of aryl methyl sites for hydroxylation is 1. The maximum Gasteiger partial charge on any atom is 0.273 e. The van der Waals surface area contributed by atoms with Crippen LogP contribution in [0.15, 0.2) is 35.7 Å². The van der Waals surface area contributed by atoms with Gasteiger partial charge < -0.3 is 14.9 Å². The van der Waals surface area contributed by atoms with Crippen molar-refractivity contribution in [2.75, 3.05) is 14.2 Å². The first-order valence-electron chi connectivity index (χ1n) is 6.66. The quantitative estimate of drug-likeness (QED) is 0.671. The molecule has 0 spiro atoms. The molecule has 0 aliphatic heterocycles. The van der Waals surface area contributed by atoms with Crippen LogP contribution in [0.4, 0.5) is 4.39 Å². The first kappa shape index (κ1) is 16.3. The zero-order chi connectivity index (χ0) is 16.8. The van der Waals surface area contributed by atoms with Crippen molar-refractivity contribution in [2.45, 2.75) is 6.92 Å². The standard InChI is InChI=1S/C15H15FN4O3/c1-9-12(16)15(19-8-18-9)23-11-7-5-4-6-10(11)13(20-22-3)14(21)17-2/h4-8H,1-3H3,(H,17,21)/b20-13+. The van der Waals surface area contributed by atoms with E-state index in [2.05, 4.69) is 20.4 Å². The fraction of sp³-hybridized carbons (Fsp3) is 0.200. The lowest BCUT2D eigenvalue weighted by Gasteiger charge is -2.12. The van der Waals surface area contributed by atoms with Crippen molar-refractivity contribution in [2.24, 2.45) is 5.16 Å². The van der Waals surface area contributed by atoms with Crippen molar-refractivity contribution in [1.82, 2.24) is 15.3 Å². The zero-order valence-corrected chi connectivity index (χ0v) is 12.8. The molecule has 1 aromatic carbocycles.